The largest absolute Gasteiger partial charge is 0.399 e. The van der Waals surface area contributed by atoms with Gasteiger partial charge < -0.3 is 11.1 Å². The van der Waals surface area contributed by atoms with Crippen LogP contribution < -0.4 is 11.1 Å². The molecule has 0 aromatic heterocycles. The molecule has 3 nitrogen and oxygen atoms in total. The summed E-state index contributed by atoms with van der Waals surface area (Å²) in [6.07, 6.45) is 6.49. The monoisotopic (exact) mass is 244 g/mol. The van der Waals surface area contributed by atoms with E-state index in [2.05, 4.69) is 11.2 Å². The smallest absolute Gasteiger partial charge is 0.221 e. The number of rotatable bonds is 5. The quantitative estimate of drug-likeness (QED) is 0.617. The van der Waals surface area contributed by atoms with Crippen molar-refractivity contribution in [3.8, 4) is 12.3 Å². The second-order valence-corrected chi connectivity index (χ2v) is 4.47. The average Bonchev–Trinajstić information content (AvgIpc) is 2.36. The number of benzene rings is 1. The van der Waals surface area contributed by atoms with Gasteiger partial charge in [0.2, 0.25) is 5.91 Å². The van der Waals surface area contributed by atoms with Gasteiger partial charge in [-0.1, -0.05) is 31.9 Å². The Morgan fingerprint density at radius 2 is 2.06 bits per heavy atom. The van der Waals surface area contributed by atoms with Crippen LogP contribution in [0.15, 0.2) is 24.3 Å². The van der Waals surface area contributed by atoms with Gasteiger partial charge in [0.25, 0.3) is 0 Å². The van der Waals surface area contributed by atoms with Gasteiger partial charge in [0.15, 0.2) is 0 Å². The van der Waals surface area contributed by atoms with Gasteiger partial charge in [-0.05, 0) is 30.0 Å². The lowest BCUT2D eigenvalue weighted by molar-refractivity contribution is -0.121. The maximum atomic E-state index is 11.8. The number of carbonyl (C=O) groups is 1. The van der Waals surface area contributed by atoms with E-state index >= 15 is 0 Å². The van der Waals surface area contributed by atoms with Crippen LogP contribution in [0.2, 0.25) is 0 Å². The maximum Gasteiger partial charge on any atom is 0.221 e. The first-order valence-electron chi connectivity index (χ1n) is 6.17. The molecule has 3 N–H and O–H groups in total. The number of nitrogens with two attached hydrogens (primary N) is 1. The number of hydrogen-bond acceptors (Lipinski definition) is 2. The fourth-order valence-electron chi connectivity index (χ4n) is 1.74. The topological polar surface area (TPSA) is 55.1 Å². The zero-order valence-electron chi connectivity index (χ0n) is 10.9. The van der Waals surface area contributed by atoms with E-state index in [1.54, 1.807) is 0 Å². The molecule has 0 aliphatic heterocycles. The lowest BCUT2D eigenvalue weighted by Gasteiger charge is -2.15. The molecule has 18 heavy (non-hydrogen) atoms. The van der Waals surface area contributed by atoms with Crippen molar-refractivity contribution in [3.05, 3.63) is 29.8 Å². The molecule has 1 rings (SSSR count). The predicted molar refractivity (Wildman–Crippen MR) is 74.9 cm³/mol. The van der Waals surface area contributed by atoms with Gasteiger partial charge >= 0.3 is 0 Å². The minimum absolute atomic E-state index is 0.0101. The van der Waals surface area contributed by atoms with E-state index in [1.807, 2.05) is 38.1 Å². The van der Waals surface area contributed by atoms with Crippen LogP contribution in [0.5, 0.6) is 0 Å². The highest BCUT2D eigenvalue weighted by molar-refractivity contribution is 5.77. The van der Waals surface area contributed by atoms with Crippen LogP contribution >= 0.6 is 0 Å². The predicted octanol–water partition coefficient (Wildman–Crippen LogP) is 2.29. The van der Waals surface area contributed by atoms with Gasteiger partial charge in [0, 0.05) is 12.1 Å². The zero-order valence-corrected chi connectivity index (χ0v) is 10.9. The van der Waals surface area contributed by atoms with Crippen molar-refractivity contribution < 1.29 is 4.79 Å². The van der Waals surface area contributed by atoms with Crippen LogP contribution in [-0.2, 0) is 4.79 Å². The second-order valence-electron chi connectivity index (χ2n) is 4.47. The first-order valence-corrected chi connectivity index (χ1v) is 6.17. The van der Waals surface area contributed by atoms with E-state index < -0.39 is 0 Å². The first kappa shape index (κ1) is 14.1. The van der Waals surface area contributed by atoms with E-state index in [-0.39, 0.29) is 17.9 Å². The van der Waals surface area contributed by atoms with Gasteiger partial charge in [-0.2, -0.15) is 0 Å². The van der Waals surface area contributed by atoms with Crippen LogP contribution in [0.3, 0.4) is 0 Å². The molecule has 0 heterocycles. The molecule has 1 aromatic carbocycles. The third kappa shape index (κ3) is 4.14. The summed E-state index contributed by atoms with van der Waals surface area (Å²) < 4.78 is 0. The second kappa shape index (κ2) is 6.70. The molecule has 0 saturated carbocycles. The lowest BCUT2D eigenvalue weighted by Crippen LogP contribution is -2.33. The number of carbonyl (C=O) groups excluding carboxylic acids is 1. The van der Waals surface area contributed by atoms with Gasteiger partial charge in [-0.3, -0.25) is 4.79 Å². The molecule has 0 aliphatic rings. The highest BCUT2D eigenvalue weighted by Gasteiger charge is 2.13. The molecule has 2 unspecified atom stereocenters. The standard InChI is InChI=1S/C15H20N2O/c1-4-14(5-2)17-15(18)10-11(3)12-6-8-13(16)9-7-12/h1,6-9,11,14H,5,10,16H2,2-3H3,(H,17,18). The Morgan fingerprint density at radius 1 is 1.44 bits per heavy atom. The normalized spacial score (nSPS) is 13.4. The maximum absolute atomic E-state index is 11.8. The zero-order chi connectivity index (χ0) is 13.5. The molecule has 0 bridgehead atoms. The molecule has 0 saturated heterocycles. The highest BCUT2D eigenvalue weighted by atomic mass is 16.1. The Labute approximate surface area is 109 Å². The Hall–Kier alpha value is -1.95. The Bertz CT molecular complexity index is 431. The summed E-state index contributed by atoms with van der Waals surface area (Å²) in [6.45, 7) is 3.97. The van der Waals surface area contributed by atoms with Crippen molar-refractivity contribution in [2.45, 2.75) is 38.6 Å². The van der Waals surface area contributed by atoms with E-state index in [0.29, 0.717) is 6.42 Å². The van der Waals surface area contributed by atoms with Gasteiger partial charge in [-0.25, -0.2) is 0 Å². The number of amides is 1. The van der Waals surface area contributed by atoms with Crippen LogP contribution in [0.25, 0.3) is 0 Å². The summed E-state index contributed by atoms with van der Waals surface area (Å²) >= 11 is 0. The van der Waals surface area contributed by atoms with Gasteiger partial charge in [0.05, 0.1) is 6.04 Å². The number of hydrogen-bond donors (Lipinski definition) is 2. The number of anilines is 1. The fourth-order valence-corrected chi connectivity index (χ4v) is 1.74. The van der Waals surface area contributed by atoms with Crippen molar-refractivity contribution >= 4 is 11.6 Å². The highest BCUT2D eigenvalue weighted by Crippen LogP contribution is 2.19. The molecule has 3 heteroatoms. The third-order valence-electron chi connectivity index (χ3n) is 2.94. The summed E-state index contributed by atoms with van der Waals surface area (Å²) in [7, 11) is 0. The summed E-state index contributed by atoms with van der Waals surface area (Å²) in [5, 5.41) is 2.83. The van der Waals surface area contributed by atoms with Crippen molar-refractivity contribution in [3.63, 3.8) is 0 Å². The molecule has 1 amide bonds. The van der Waals surface area contributed by atoms with E-state index in [9.17, 15) is 4.79 Å². The molecule has 2 atom stereocenters. The van der Waals surface area contributed by atoms with Crippen molar-refractivity contribution in [2.75, 3.05) is 5.73 Å². The minimum Gasteiger partial charge on any atom is -0.399 e. The molecule has 1 aromatic rings. The van der Waals surface area contributed by atoms with E-state index in [1.165, 1.54) is 0 Å². The molecular weight excluding hydrogens is 224 g/mol. The number of nitrogen functional groups attached to an aromatic ring is 1. The average molecular weight is 244 g/mol. The minimum atomic E-state index is -0.170. The lowest BCUT2D eigenvalue weighted by atomic mass is 9.97. The number of nitrogens with one attached hydrogen (secondary N) is 1. The summed E-state index contributed by atoms with van der Waals surface area (Å²) in [5.74, 6) is 2.70. The molecule has 0 spiro atoms. The van der Waals surface area contributed by atoms with E-state index in [4.69, 9.17) is 12.2 Å². The Balaban J connectivity index is 2.54. The van der Waals surface area contributed by atoms with Crippen LogP contribution in [0.1, 0.15) is 38.2 Å². The third-order valence-corrected chi connectivity index (χ3v) is 2.94. The molecule has 0 radical (unpaired) electrons. The van der Waals surface area contributed by atoms with Crippen molar-refractivity contribution in [1.29, 1.82) is 0 Å². The van der Waals surface area contributed by atoms with Gasteiger partial charge in [0.1, 0.15) is 0 Å². The fraction of sp³-hybridized carbons (Fsp3) is 0.400. The Morgan fingerprint density at radius 3 is 2.56 bits per heavy atom. The van der Waals surface area contributed by atoms with Crippen LogP contribution in [0.4, 0.5) is 5.69 Å². The summed E-state index contributed by atoms with van der Waals surface area (Å²) in [4.78, 5) is 11.8. The molecule has 96 valence electrons. The summed E-state index contributed by atoms with van der Waals surface area (Å²) in [6, 6.07) is 7.42. The van der Waals surface area contributed by atoms with Crippen molar-refractivity contribution in [1.82, 2.24) is 5.32 Å². The first-order chi connectivity index (χ1) is 8.56. The molecular formula is C15H20N2O. The number of terminal acetylenes is 1. The SMILES string of the molecule is C#CC(CC)NC(=O)CC(C)c1ccc(N)cc1. The van der Waals surface area contributed by atoms with Crippen LogP contribution in [-0.4, -0.2) is 11.9 Å². The van der Waals surface area contributed by atoms with Crippen molar-refractivity contribution in [2.24, 2.45) is 0 Å². The molecule has 0 fully saturated rings. The van der Waals surface area contributed by atoms with Crippen LogP contribution in [0, 0.1) is 12.3 Å². The Kier molecular flexibility index (Phi) is 5.26. The molecule has 0 aliphatic carbocycles. The van der Waals surface area contributed by atoms with Gasteiger partial charge in [-0.15, -0.1) is 6.42 Å². The summed E-state index contributed by atoms with van der Waals surface area (Å²) in [5.41, 5.74) is 7.46. The van der Waals surface area contributed by atoms with E-state index in [0.717, 1.165) is 17.7 Å².